The van der Waals surface area contributed by atoms with Gasteiger partial charge in [0.05, 0.1) is 17.6 Å². The minimum Gasteiger partial charge on any atom is -0.494 e. The molecule has 0 atom stereocenters. The van der Waals surface area contributed by atoms with E-state index < -0.39 is 34.3 Å². The van der Waals surface area contributed by atoms with Crippen LogP contribution in [0.5, 0.6) is 5.75 Å². The second-order valence-corrected chi connectivity index (χ2v) is 7.52. The summed E-state index contributed by atoms with van der Waals surface area (Å²) in [5, 5.41) is 2.44. The zero-order valence-electron chi connectivity index (χ0n) is 15.4. The first-order chi connectivity index (χ1) is 13.2. The van der Waals surface area contributed by atoms with Crippen molar-refractivity contribution in [3.05, 3.63) is 53.3 Å². The lowest BCUT2D eigenvalue weighted by atomic mass is 10.2. The van der Waals surface area contributed by atoms with Gasteiger partial charge in [0.25, 0.3) is 5.91 Å². The first kappa shape index (κ1) is 21.3. The Kier molecular flexibility index (Phi) is 6.71. The van der Waals surface area contributed by atoms with Crippen LogP contribution < -0.4 is 14.8 Å². The van der Waals surface area contributed by atoms with Crippen molar-refractivity contribution >= 4 is 27.6 Å². The minimum absolute atomic E-state index is 0.0125. The number of hydrogen-bond donors (Lipinski definition) is 2. The predicted octanol–water partition coefficient (Wildman–Crippen LogP) is 1.85. The van der Waals surface area contributed by atoms with Gasteiger partial charge in [-0.2, -0.15) is 0 Å². The van der Waals surface area contributed by atoms with Crippen molar-refractivity contribution in [1.82, 2.24) is 4.72 Å². The average Bonchev–Trinajstić information content (AvgIpc) is 2.67. The van der Waals surface area contributed by atoms with Gasteiger partial charge in [-0.05, 0) is 49.9 Å². The van der Waals surface area contributed by atoms with Gasteiger partial charge < -0.3 is 14.8 Å². The summed E-state index contributed by atoms with van der Waals surface area (Å²) in [4.78, 5) is 23.9. The molecule has 1 amide bonds. The van der Waals surface area contributed by atoms with Gasteiger partial charge in [-0.15, -0.1) is 0 Å². The van der Waals surface area contributed by atoms with Crippen LogP contribution in [0.1, 0.15) is 15.9 Å². The van der Waals surface area contributed by atoms with E-state index >= 15 is 0 Å². The highest BCUT2D eigenvalue weighted by Crippen LogP contribution is 2.20. The summed E-state index contributed by atoms with van der Waals surface area (Å²) < 4.78 is 49.4. The van der Waals surface area contributed by atoms with E-state index in [9.17, 15) is 22.4 Å². The van der Waals surface area contributed by atoms with Crippen molar-refractivity contribution in [3.8, 4) is 5.75 Å². The quantitative estimate of drug-likeness (QED) is 0.674. The highest BCUT2D eigenvalue weighted by Gasteiger charge is 2.17. The van der Waals surface area contributed by atoms with Crippen LogP contribution in [0, 0.1) is 12.7 Å². The monoisotopic (exact) mass is 410 g/mol. The second kappa shape index (κ2) is 8.81. The van der Waals surface area contributed by atoms with Crippen LogP contribution in [0.15, 0.2) is 41.3 Å². The minimum atomic E-state index is -3.69. The van der Waals surface area contributed by atoms with Crippen molar-refractivity contribution in [3.63, 3.8) is 0 Å². The summed E-state index contributed by atoms with van der Waals surface area (Å²) in [7, 11) is -1.12. The highest BCUT2D eigenvalue weighted by molar-refractivity contribution is 7.89. The lowest BCUT2D eigenvalue weighted by molar-refractivity contribution is -0.119. The van der Waals surface area contributed by atoms with Crippen LogP contribution in [0.3, 0.4) is 0 Å². The van der Waals surface area contributed by atoms with Crippen molar-refractivity contribution in [2.75, 3.05) is 26.1 Å². The van der Waals surface area contributed by atoms with Crippen molar-refractivity contribution < 1.29 is 31.9 Å². The first-order valence-electron chi connectivity index (χ1n) is 8.02. The molecule has 150 valence electrons. The van der Waals surface area contributed by atoms with Gasteiger partial charge in [0.15, 0.2) is 18.2 Å². The third-order valence-electron chi connectivity index (χ3n) is 3.75. The molecule has 0 radical (unpaired) electrons. The molecule has 0 bridgehead atoms. The van der Waals surface area contributed by atoms with E-state index in [4.69, 9.17) is 9.47 Å². The zero-order valence-corrected chi connectivity index (χ0v) is 16.2. The number of carbonyl (C=O) groups is 2. The molecule has 2 N–H and O–H groups in total. The Bertz CT molecular complexity index is 1010. The molecule has 2 aromatic rings. The lowest BCUT2D eigenvalue weighted by Gasteiger charge is -2.11. The van der Waals surface area contributed by atoms with E-state index in [1.54, 1.807) is 6.92 Å². The molecule has 10 heteroatoms. The summed E-state index contributed by atoms with van der Waals surface area (Å²) in [5.41, 5.74) is 0.639. The Morgan fingerprint density at radius 3 is 2.46 bits per heavy atom. The molecule has 0 unspecified atom stereocenters. The van der Waals surface area contributed by atoms with Gasteiger partial charge in [-0.3, -0.25) is 4.79 Å². The summed E-state index contributed by atoms with van der Waals surface area (Å²) in [5.74, 6) is -2.33. The van der Waals surface area contributed by atoms with E-state index in [1.165, 1.54) is 44.5 Å². The third kappa shape index (κ3) is 5.05. The molecule has 0 spiro atoms. The van der Waals surface area contributed by atoms with E-state index in [2.05, 4.69) is 10.0 Å². The molecular weight excluding hydrogens is 391 g/mol. The fraction of sp³-hybridized carbons (Fsp3) is 0.222. The van der Waals surface area contributed by atoms with Crippen LogP contribution >= 0.6 is 0 Å². The number of esters is 1. The van der Waals surface area contributed by atoms with Gasteiger partial charge in [-0.1, -0.05) is 6.07 Å². The number of amides is 1. The molecule has 0 saturated heterocycles. The van der Waals surface area contributed by atoms with Crippen LogP contribution in [0.25, 0.3) is 0 Å². The number of anilines is 1. The maximum Gasteiger partial charge on any atom is 0.338 e. The van der Waals surface area contributed by atoms with Gasteiger partial charge in [0.1, 0.15) is 0 Å². The van der Waals surface area contributed by atoms with Gasteiger partial charge >= 0.3 is 5.97 Å². The van der Waals surface area contributed by atoms with Gasteiger partial charge in [0.2, 0.25) is 10.0 Å². The maximum atomic E-state index is 13.6. The number of sulfonamides is 1. The molecule has 0 aliphatic rings. The first-order valence-corrected chi connectivity index (χ1v) is 9.51. The predicted molar refractivity (Wildman–Crippen MR) is 99.3 cm³/mol. The molecule has 2 rings (SSSR count). The zero-order chi connectivity index (χ0) is 20.9. The molecule has 0 aromatic heterocycles. The summed E-state index contributed by atoms with van der Waals surface area (Å²) >= 11 is 0. The van der Waals surface area contributed by atoms with Crippen molar-refractivity contribution in [1.29, 1.82) is 0 Å². The third-order valence-corrected chi connectivity index (χ3v) is 5.31. The average molecular weight is 410 g/mol. The second-order valence-electron chi connectivity index (χ2n) is 5.66. The molecule has 0 saturated carbocycles. The number of nitrogens with one attached hydrogen (secondary N) is 2. The number of carbonyl (C=O) groups excluding carboxylic acids is 2. The molecule has 0 aliphatic heterocycles. The maximum absolute atomic E-state index is 13.6. The van der Waals surface area contributed by atoms with E-state index in [0.717, 1.165) is 6.07 Å². The molecule has 0 heterocycles. The van der Waals surface area contributed by atoms with Crippen molar-refractivity contribution in [2.24, 2.45) is 0 Å². The standard InChI is InChI=1S/C18H19FN2O6S/c1-11-4-6-13(9-16(11)28(24,25)20-2)21-17(22)10-27-18(23)12-5-7-15(26-3)14(19)8-12/h4-9,20H,10H2,1-3H3,(H,21,22). The molecule has 2 aromatic carbocycles. The summed E-state index contributed by atoms with van der Waals surface area (Å²) in [6.45, 7) is 0.986. The van der Waals surface area contributed by atoms with Gasteiger partial charge in [-0.25, -0.2) is 22.3 Å². The van der Waals surface area contributed by atoms with Gasteiger partial charge in [0, 0.05) is 5.69 Å². The topological polar surface area (TPSA) is 111 Å². The number of methoxy groups -OCH3 is 1. The Labute approximate surface area is 161 Å². The molecule has 0 fully saturated rings. The summed E-state index contributed by atoms with van der Waals surface area (Å²) in [6.07, 6.45) is 0. The van der Waals surface area contributed by atoms with E-state index in [0.29, 0.717) is 5.56 Å². The Balaban J connectivity index is 2.02. The largest absolute Gasteiger partial charge is 0.494 e. The molecule has 0 aliphatic carbocycles. The van der Waals surface area contributed by atoms with E-state index in [1.807, 2.05) is 0 Å². The SMILES string of the molecule is CNS(=O)(=O)c1cc(NC(=O)COC(=O)c2ccc(OC)c(F)c2)ccc1C. The van der Waals surface area contributed by atoms with Crippen LogP contribution in [0.2, 0.25) is 0 Å². The normalized spacial score (nSPS) is 11.0. The number of aryl methyl sites for hydroxylation is 1. The van der Waals surface area contributed by atoms with Crippen molar-refractivity contribution in [2.45, 2.75) is 11.8 Å². The van der Waals surface area contributed by atoms with Crippen LogP contribution in [0.4, 0.5) is 10.1 Å². The lowest BCUT2D eigenvalue weighted by Crippen LogP contribution is -2.22. The smallest absolute Gasteiger partial charge is 0.338 e. The number of benzene rings is 2. The van der Waals surface area contributed by atoms with Crippen LogP contribution in [-0.4, -0.2) is 41.1 Å². The highest BCUT2D eigenvalue weighted by atomic mass is 32.2. The fourth-order valence-corrected chi connectivity index (χ4v) is 3.28. The van der Waals surface area contributed by atoms with Crippen LogP contribution in [-0.2, 0) is 19.6 Å². The number of halogens is 1. The van der Waals surface area contributed by atoms with E-state index in [-0.39, 0.29) is 21.9 Å². The Morgan fingerprint density at radius 2 is 1.86 bits per heavy atom. The Morgan fingerprint density at radius 1 is 1.14 bits per heavy atom. The molecule has 28 heavy (non-hydrogen) atoms. The fourth-order valence-electron chi connectivity index (χ4n) is 2.28. The molecule has 8 nitrogen and oxygen atoms in total. The summed E-state index contributed by atoms with van der Waals surface area (Å²) in [6, 6.07) is 7.85. The number of ether oxygens (including phenoxy) is 2. The Hall–Kier alpha value is -2.98. The molecular formula is C18H19FN2O6S. The number of hydrogen-bond acceptors (Lipinski definition) is 6. The number of rotatable bonds is 7.